The summed E-state index contributed by atoms with van der Waals surface area (Å²) in [5, 5.41) is 1.08. The van der Waals surface area contributed by atoms with Crippen LogP contribution in [0.3, 0.4) is 0 Å². The van der Waals surface area contributed by atoms with Crippen LogP contribution < -0.4 is 10.5 Å². The third-order valence-electron chi connectivity index (χ3n) is 2.74. The molecule has 0 unspecified atom stereocenters. The molecule has 2 rings (SSSR count). The second-order valence-corrected chi connectivity index (χ2v) is 4.87. The Morgan fingerprint density at radius 2 is 1.72 bits per heavy atom. The van der Waals surface area contributed by atoms with Gasteiger partial charge in [0.25, 0.3) is 0 Å². The summed E-state index contributed by atoms with van der Waals surface area (Å²) in [6.45, 7) is 2.00. The van der Waals surface area contributed by atoms with Crippen LogP contribution in [0, 0.1) is 6.92 Å². The van der Waals surface area contributed by atoms with Crippen LogP contribution in [-0.2, 0) is 0 Å². The van der Waals surface area contributed by atoms with Crippen LogP contribution in [0.4, 0.5) is 5.69 Å². The predicted octanol–water partition coefficient (Wildman–Crippen LogP) is 4.56. The highest BCUT2D eigenvalue weighted by Crippen LogP contribution is 2.38. The second kappa shape index (κ2) is 5.09. The fourth-order valence-corrected chi connectivity index (χ4v) is 2.29. The average molecular weight is 282 g/mol. The summed E-state index contributed by atoms with van der Waals surface area (Å²) in [6.07, 6.45) is 0. The first kappa shape index (κ1) is 13.1. The van der Waals surface area contributed by atoms with Gasteiger partial charge < -0.3 is 10.5 Å². The number of hydrogen-bond donors (Lipinski definition) is 1. The quantitative estimate of drug-likeness (QED) is 0.819. The van der Waals surface area contributed by atoms with Crippen molar-refractivity contribution in [3.63, 3.8) is 0 Å². The molecule has 2 nitrogen and oxygen atoms in total. The zero-order valence-corrected chi connectivity index (χ0v) is 11.6. The normalized spacial score (nSPS) is 10.4. The van der Waals surface area contributed by atoms with Gasteiger partial charge in [0.1, 0.15) is 5.75 Å². The van der Waals surface area contributed by atoms with Crippen LogP contribution in [0.2, 0.25) is 10.0 Å². The Labute approximate surface area is 116 Å². The standard InChI is InChI=1S/C14H13Cl2NO/c1-8-3-4-13(17)10(5-8)9-6-12(16)14(18-2)7-11(9)15/h3-7H,17H2,1-2H3. The maximum atomic E-state index is 6.24. The Morgan fingerprint density at radius 1 is 1.00 bits per heavy atom. The molecule has 0 aliphatic heterocycles. The minimum absolute atomic E-state index is 0.512. The van der Waals surface area contributed by atoms with E-state index in [1.807, 2.05) is 25.1 Å². The van der Waals surface area contributed by atoms with E-state index in [4.69, 9.17) is 33.7 Å². The molecule has 0 radical (unpaired) electrons. The van der Waals surface area contributed by atoms with E-state index in [2.05, 4.69) is 0 Å². The van der Waals surface area contributed by atoms with Crippen molar-refractivity contribution >= 4 is 28.9 Å². The van der Waals surface area contributed by atoms with Gasteiger partial charge in [-0.05, 0) is 25.1 Å². The lowest BCUT2D eigenvalue weighted by Gasteiger charge is -2.12. The van der Waals surface area contributed by atoms with E-state index in [0.717, 1.165) is 16.7 Å². The van der Waals surface area contributed by atoms with Crippen molar-refractivity contribution in [2.45, 2.75) is 6.92 Å². The third kappa shape index (κ3) is 2.40. The molecule has 94 valence electrons. The molecule has 4 heteroatoms. The highest BCUT2D eigenvalue weighted by molar-refractivity contribution is 6.36. The van der Waals surface area contributed by atoms with E-state index in [-0.39, 0.29) is 0 Å². The summed E-state index contributed by atoms with van der Waals surface area (Å²) < 4.78 is 5.12. The number of rotatable bonds is 2. The lowest BCUT2D eigenvalue weighted by atomic mass is 10.0. The predicted molar refractivity (Wildman–Crippen MR) is 77.6 cm³/mol. The lowest BCUT2D eigenvalue weighted by Crippen LogP contribution is -1.92. The summed E-state index contributed by atoms with van der Waals surface area (Å²) in [4.78, 5) is 0. The van der Waals surface area contributed by atoms with Gasteiger partial charge in [0, 0.05) is 22.9 Å². The molecule has 0 saturated carbocycles. The van der Waals surface area contributed by atoms with Crippen molar-refractivity contribution in [1.29, 1.82) is 0 Å². The van der Waals surface area contributed by atoms with Gasteiger partial charge in [-0.2, -0.15) is 0 Å². The Morgan fingerprint density at radius 3 is 2.39 bits per heavy atom. The molecule has 0 heterocycles. The molecule has 0 aromatic heterocycles. The molecule has 0 bridgehead atoms. The zero-order chi connectivity index (χ0) is 13.3. The van der Waals surface area contributed by atoms with Crippen LogP contribution in [0.25, 0.3) is 11.1 Å². The fraction of sp³-hybridized carbons (Fsp3) is 0.143. The summed E-state index contributed by atoms with van der Waals surface area (Å²) >= 11 is 12.4. The maximum absolute atomic E-state index is 6.24. The van der Waals surface area contributed by atoms with Gasteiger partial charge in [-0.25, -0.2) is 0 Å². The highest BCUT2D eigenvalue weighted by Gasteiger charge is 2.12. The van der Waals surface area contributed by atoms with Crippen molar-refractivity contribution in [3.8, 4) is 16.9 Å². The lowest BCUT2D eigenvalue weighted by molar-refractivity contribution is 0.415. The number of nitrogens with two attached hydrogens (primary N) is 1. The first-order valence-corrected chi connectivity index (χ1v) is 6.18. The van der Waals surface area contributed by atoms with E-state index in [1.54, 1.807) is 19.2 Å². The fourth-order valence-electron chi connectivity index (χ4n) is 1.79. The maximum Gasteiger partial charge on any atom is 0.138 e. The SMILES string of the molecule is COc1cc(Cl)c(-c2cc(C)ccc2N)cc1Cl. The number of ether oxygens (including phenoxy) is 1. The van der Waals surface area contributed by atoms with E-state index >= 15 is 0 Å². The van der Waals surface area contributed by atoms with Crippen LogP contribution in [-0.4, -0.2) is 7.11 Å². The first-order chi connectivity index (χ1) is 8.52. The molecule has 0 aliphatic carbocycles. The van der Waals surface area contributed by atoms with Crippen molar-refractivity contribution < 1.29 is 4.74 Å². The Kier molecular flexibility index (Phi) is 3.69. The van der Waals surface area contributed by atoms with Gasteiger partial charge in [-0.3, -0.25) is 0 Å². The first-order valence-electron chi connectivity index (χ1n) is 5.42. The van der Waals surface area contributed by atoms with Crippen molar-refractivity contribution in [3.05, 3.63) is 45.9 Å². The number of nitrogen functional groups attached to an aromatic ring is 1. The minimum Gasteiger partial charge on any atom is -0.495 e. The Balaban J connectivity index is 2.64. The van der Waals surface area contributed by atoms with Gasteiger partial charge in [0.15, 0.2) is 0 Å². The molecular weight excluding hydrogens is 269 g/mol. The number of halogens is 2. The molecule has 2 aromatic carbocycles. The van der Waals surface area contributed by atoms with E-state index in [1.165, 1.54) is 0 Å². The monoisotopic (exact) mass is 281 g/mol. The van der Waals surface area contributed by atoms with Crippen LogP contribution >= 0.6 is 23.2 Å². The molecule has 0 saturated heterocycles. The van der Waals surface area contributed by atoms with E-state index < -0.39 is 0 Å². The molecule has 0 spiro atoms. The molecule has 2 aromatic rings. The number of aryl methyl sites for hydroxylation is 1. The molecule has 18 heavy (non-hydrogen) atoms. The molecular formula is C14H13Cl2NO. The number of hydrogen-bond acceptors (Lipinski definition) is 2. The largest absolute Gasteiger partial charge is 0.495 e. The summed E-state index contributed by atoms with van der Waals surface area (Å²) in [5.74, 6) is 0.552. The third-order valence-corrected chi connectivity index (χ3v) is 3.35. The summed E-state index contributed by atoms with van der Waals surface area (Å²) in [5.41, 5.74) is 9.45. The van der Waals surface area contributed by atoms with Crippen LogP contribution in [0.15, 0.2) is 30.3 Å². The van der Waals surface area contributed by atoms with Crippen LogP contribution in [0.1, 0.15) is 5.56 Å². The number of benzene rings is 2. The van der Waals surface area contributed by atoms with Crippen molar-refractivity contribution in [2.24, 2.45) is 0 Å². The highest BCUT2D eigenvalue weighted by atomic mass is 35.5. The molecule has 0 aliphatic rings. The van der Waals surface area contributed by atoms with E-state index in [0.29, 0.717) is 21.5 Å². The van der Waals surface area contributed by atoms with Crippen LogP contribution in [0.5, 0.6) is 5.75 Å². The van der Waals surface area contributed by atoms with Gasteiger partial charge in [-0.1, -0.05) is 34.8 Å². The van der Waals surface area contributed by atoms with Gasteiger partial charge in [-0.15, -0.1) is 0 Å². The zero-order valence-electron chi connectivity index (χ0n) is 10.1. The van der Waals surface area contributed by atoms with Gasteiger partial charge >= 0.3 is 0 Å². The Bertz CT molecular complexity index is 597. The summed E-state index contributed by atoms with van der Waals surface area (Å²) in [6, 6.07) is 9.27. The summed E-state index contributed by atoms with van der Waals surface area (Å²) in [7, 11) is 1.55. The number of anilines is 1. The smallest absolute Gasteiger partial charge is 0.138 e. The molecule has 2 N–H and O–H groups in total. The average Bonchev–Trinajstić information content (AvgIpc) is 2.35. The second-order valence-electron chi connectivity index (χ2n) is 4.06. The molecule has 0 fully saturated rings. The van der Waals surface area contributed by atoms with Gasteiger partial charge in [0.2, 0.25) is 0 Å². The Hall–Kier alpha value is -1.38. The molecule has 0 amide bonds. The van der Waals surface area contributed by atoms with Crippen molar-refractivity contribution in [2.75, 3.05) is 12.8 Å². The van der Waals surface area contributed by atoms with Crippen molar-refractivity contribution in [1.82, 2.24) is 0 Å². The topological polar surface area (TPSA) is 35.2 Å². The van der Waals surface area contributed by atoms with E-state index in [9.17, 15) is 0 Å². The number of methoxy groups -OCH3 is 1. The minimum atomic E-state index is 0.512. The molecule has 0 atom stereocenters. The van der Waals surface area contributed by atoms with Gasteiger partial charge in [0.05, 0.1) is 17.2 Å².